The van der Waals surface area contributed by atoms with E-state index in [1.165, 1.54) is 0 Å². The van der Waals surface area contributed by atoms with Gasteiger partial charge in [0.1, 0.15) is 0 Å². The number of nitrogens with zero attached hydrogens (tertiary/aromatic N) is 2. The van der Waals surface area contributed by atoms with E-state index in [4.69, 9.17) is 5.73 Å². The number of hydrogen-bond acceptors (Lipinski definition) is 4. The molecule has 1 saturated carbocycles. The second kappa shape index (κ2) is 2.75. The van der Waals surface area contributed by atoms with Crippen LogP contribution in [0.15, 0.2) is 12.4 Å². The highest BCUT2D eigenvalue weighted by atomic mass is 16.3. The van der Waals surface area contributed by atoms with E-state index in [9.17, 15) is 5.11 Å². The fourth-order valence-electron chi connectivity index (χ4n) is 1.64. The van der Waals surface area contributed by atoms with Crippen LogP contribution < -0.4 is 5.73 Å². The van der Waals surface area contributed by atoms with E-state index < -0.39 is 5.54 Å². The molecule has 0 saturated heterocycles. The molecule has 0 bridgehead atoms. The molecule has 4 nitrogen and oxygen atoms in total. The van der Waals surface area contributed by atoms with Gasteiger partial charge in [0.05, 0.1) is 29.2 Å². The van der Waals surface area contributed by atoms with E-state index in [1.807, 2.05) is 6.92 Å². The number of hydrogen-bond donors (Lipinski definition) is 2. The first kappa shape index (κ1) is 8.59. The van der Waals surface area contributed by atoms with Crippen LogP contribution in [-0.2, 0) is 5.54 Å². The van der Waals surface area contributed by atoms with E-state index in [-0.39, 0.29) is 6.10 Å². The molecule has 1 fully saturated rings. The molecule has 13 heavy (non-hydrogen) atoms. The van der Waals surface area contributed by atoms with Crippen molar-refractivity contribution < 1.29 is 5.11 Å². The van der Waals surface area contributed by atoms with Gasteiger partial charge in [-0.3, -0.25) is 9.97 Å². The summed E-state index contributed by atoms with van der Waals surface area (Å²) in [5.74, 6) is 0. The van der Waals surface area contributed by atoms with Gasteiger partial charge in [0.15, 0.2) is 0 Å². The van der Waals surface area contributed by atoms with Crippen LogP contribution in [0.3, 0.4) is 0 Å². The first-order chi connectivity index (χ1) is 6.10. The molecule has 0 aliphatic heterocycles. The lowest BCUT2D eigenvalue weighted by molar-refractivity contribution is 0.0186. The lowest BCUT2D eigenvalue weighted by atomic mass is 9.73. The summed E-state index contributed by atoms with van der Waals surface area (Å²) >= 11 is 0. The topological polar surface area (TPSA) is 72.0 Å². The Kier molecular flexibility index (Phi) is 1.82. The molecule has 0 spiro atoms. The highest BCUT2D eigenvalue weighted by molar-refractivity contribution is 5.18. The molecule has 1 aromatic rings. The number of aromatic nitrogens is 2. The van der Waals surface area contributed by atoms with Gasteiger partial charge in [-0.2, -0.15) is 0 Å². The van der Waals surface area contributed by atoms with Crippen LogP contribution in [0.1, 0.15) is 24.2 Å². The lowest BCUT2D eigenvalue weighted by Gasteiger charge is -2.41. The summed E-state index contributed by atoms with van der Waals surface area (Å²) in [4.78, 5) is 8.34. The zero-order chi connectivity index (χ0) is 9.47. The number of nitrogens with two attached hydrogens (primary N) is 1. The smallest absolute Gasteiger partial charge is 0.0787 e. The SMILES string of the molecule is Cc1cnc(C2(N)CC(O)C2)cn1. The van der Waals surface area contributed by atoms with E-state index in [0.717, 1.165) is 11.4 Å². The van der Waals surface area contributed by atoms with Crippen molar-refractivity contribution in [3.05, 3.63) is 23.8 Å². The monoisotopic (exact) mass is 179 g/mol. The number of rotatable bonds is 1. The lowest BCUT2D eigenvalue weighted by Crippen LogP contribution is -2.52. The van der Waals surface area contributed by atoms with Crippen molar-refractivity contribution in [2.24, 2.45) is 5.73 Å². The van der Waals surface area contributed by atoms with Crippen molar-refractivity contribution in [2.75, 3.05) is 0 Å². The van der Waals surface area contributed by atoms with Crippen LogP contribution in [-0.4, -0.2) is 21.2 Å². The maximum absolute atomic E-state index is 9.17. The minimum absolute atomic E-state index is 0.270. The van der Waals surface area contributed by atoms with Gasteiger partial charge in [-0.25, -0.2) is 0 Å². The summed E-state index contributed by atoms with van der Waals surface area (Å²) in [6, 6.07) is 0. The van der Waals surface area contributed by atoms with E-state index >= 15 is 0 Å². The third-order valence-electron chi connectivity index (χ3n) is 2.49. The molecule has 70 valence electrons. The quantitative estimate of drug-likeness (QED) is 0.641. The van der Waals surface area contributed by atoms with Crippen molar-refractivity contribution in [1.82, 2.24) is 9.97 Å². The largest absolute Gasteiger partial charge is 0.393 e. The van der Waals surface area contributed by atoms with Crippen LogP contribution in [0.25, 0.3) is 0 Å². The van der Waals surface area contributed by atoms with Gasteiger partial charge < -0.3 is 10.8 Å². The summed E-state index contributed by atoms with van der Waals surface area (Å²) in [5.41, 5.74) is 7.22. The standard InChI is InChI=1S/C9H13N3O/c1-6-4-12-8(5-11-6)9(10)2-7(13)3-9/h4-5,7,13H,2-3,10H2,1H3. The van der Waals surface area contributed by atoms with Gasteiger partial charge in [0.2, 0.25) is 0 Å². The van der Waals surface area contributed by atoms with Crippen molar-refractivity contribution in [3.63, 3.8) is 0 Å². The van der Waals surface area contributed by atoms with Gasteiger partial charge in [-0.15, -0.1) is 0 Å². The van der Waals surface area contributed by atoms with Crippen molar-refractivity contribution in [3.8, 4) is 0 Å². The zero-order valence-corrected chi connectivity index (χ0v) is 7.57. The van der Waals surface area contributed by atoms with Gasteiger partial charge in [-0.1, -0.05) is 0 Å². The molecule has 2 rings (SSSR count). The predicted molar refractivity (Wildman–Crippen MR) is 47.9 cm³/mol. The summed E-state index contributed by atoms with van der Waals surface area (Å²) in [7, 11) is 0. The van der Waals surface area contributed by atoms with Gasteiger partial charge in [0, 0.05) is 6.20 Å². The molecule has 0 unspecified atom stereocenters. The van der Waals surface area contributed by atoms with E-state index in [1.54, 1.807) is 12.4 Å². The predicted octanol–water partition coefficient (Wildman–Crippen LogP) is 0.0937. The molecule has 1 aromatic heterocycles. The Morgan fingerprint density at radius 3 is 2.62 bits per heavy atom. The Labute approximate surface area is 76.8 Å². The first-order valence-electron chi connectivity index (χ1n) is 4.36. The minimum Gasteiger partial charge on any atom is -0.393 e. The summed E-state index contributed by atoms with van der Waals surface area (Å²) in [6.07, 6.45) is 4.30. The molecule has 0 aromatic carbocycles. The molecular weight excluding hydrogens is 166 g/mol. The van der Waals surface area contributed by atoms with E-state index in [2.05, 4.69) is 9.97 Å². The van der Waals surface area contributed by atoms with Crippen LogP contribution in [0.5, 0.6) is 0 Å². The maximum Gasteiger partial charge on any atom is 0.0787 e. The molecule has 1 aliphatic rings. The third kappa shape index (κ3) is 1.43. The minimum atomic E-state index is -0.444. The highest BCUT2D eigenvalue weighted by Crippen LogP contribution is 2.37. The molecule has 3 N–H and O–H groups in total. The number of aliphatic hydroxyl groups excluding tert-OH is 1. The first-order valence-corrected chi connectivity index (χ1v) is 4.36. The summed E-state index contributed by atoms with van der Waals surface area (Å²) in [5, 5.41) is 9.17. The molecule has 0 radical (unpaired) electrons. The number of aliphatic hydroxyl groups is 1. The molecule has 4 heteroatoms. The molecule has 1 aliphatic carbocycles. The second-order valence-electron chi connectivity index (χ2n) is 3.76. The fourth-order valence-corrected chi connectivity index (χ4v) is 1.64. The summed E-state index contributed by atoms with van der Waals surface area (Å²) in [6.45, 7) is 1.88. The van der Waals surface area contributed by atoms with E-state index in [0.29, 0.717) is 12.8 Å². The Morgan fingerprint density at radius 1 is 1.46 bits per heavy atom. The van der Waals surface area contributed by atoms with Crippen molar-refractivity contribution >= 4 is 0 Å². The highest BCUT2D eigenvalue weighted by Gasteiger charge is 2.42. The normalized spacial score (nSPS) is 32.7. The van der Waals surface area contributed by atoms with Crippen molar-refractivity contribution in [2.45, 2.75) is 31.4 Å². The Morgan fingerprint density at radius 2 is 2.15 bits per heavy atom. The van der Waals surface area contributed by atoms with Gasteiger partial charge in [-0.05, 0) is 19.8 Å². The fraction of sp³-hybridized carbons (Fsp3) is 0.556. The maximum atomic E-state index is 9.17. The Balaban J connectivity index is 2.22. The van der Waals surface area contributed by atoms with Gasteiger partial charge >= 0.3 is 0 Å². The summed E-state index contributed by atoms with van der Waals surface area (Å²) < 4.78 is 0. The molecule has 0 atom stereocenters. The Hall–Kier alpha value is -1.00. The van der Waals surface area contributed by atoms with Crippen LogP contribution in [0.2, 0.25) is 0 Å². The van der Waals surface area contributed by atoms with Gasteiger partial charge in [0.25, 0.3) is 0 Å². The second-order valence-corrected chi connectivity index (χ2v) is 3.76. The van der Waals surface area contributed by atoms with Crippen LogP contribution in [0.4, 0.5) is 0 Å². The number of aryl methyl sites for hydroxylation is 1. The van der Waals surface area contributed by atoms with Crippen LogP contribution >= 0.6 is 0 Å². The average molecular weight is 179 g/mol. The molecule has 1 heterocycles. The van der Waals surface area contributed by atoms with Crippen LogP contribution in [0, 0.1) is 6.92 Å². The van der Waals surface area contributed by atoms with Crippen molar-refractivity contribution in [1.29, 1.82) is 0 Å². The molecule has 0 amide bonds. The molecular formula is C9H13N3O. The Bertz CT molecular complexity index is 303. The average Bonchev–Trinajstić information content (AvgIpc) is 2.03. The zero-order valence-electron chi connectivity index (χ0n) is 7.57. The third-order valence-corrected chi connectivity index (χ3v) is 2.49.